The van der Waals surface area contributed by atoms with Gasteiger partial charge in [0.2, 0.25) is 11.8 Å². The highest BCUT2D eigenvalue weighted by molar-refractivity contribution is 6.32. The number of hydrogen-bond acceptors (Lipinski definition) is 4. The van der Waals surface area contributed by atoms with Crippen LogP contribution in [0.15, 0.2) is 36.4 Å². The fourth-order valence-corrected chi connectivity index (χ4v) is 3.46. The number of rotatable bonds is 4. The van der Waals surface area contributed by atoms with E-state index in [2.05, 4.69) is 10.6 Å². The molecule has 2 unspecified atom stereocenters. The Bertz CT molecular complexity index is 983. The zero-order valence-corrected chi connectivity index (χ0v) is 16.7. The maximum absolute atomic E-state index is 12.5. The molecular weight excluding hydrogens is 376 g/mol. The summed E-state index contributed by atoms with van der Waals surface area (Å²) in [6.45, 7) is 3.79. The molecular formula is C21H21ClN4O2. The van der Waals surface area contributed by atoms with E-state index in [1.54, 1.807) is 37.1 Å². The van der Waals surface area contributed by atoms with Crippen LogP contribution in [0.3, 0.4) is 0 Å². The molecule has 6 nitrogen and oxygen atoms in total. The number of halogens is 1. The summed E-state index contributed by atoms with van der Waals surface area (Å²) >= 11 is 6.01. The van der Waals surface area contributed by atoms with Gasteiger partial charge in [-0.2, -0.15) is 5.26 Å². The summed E-state index contributed by atoms with van der Waals surface area (Å²) in [5.74, 6) is 0.0127. The van der Waals surface area contributed by atoms with Crippen LogP contribution in [0.1, 0.15) is 37.3 Å². The van der Waals surface area contributed by atoms with E-state index in [1.807, 2.05) is 31.2 Å². The molecule has 0 saturated heterocycles. The second-order valence-corrected chi connectivity index (χ2v) is 7.40. The number of anilines is 3. The molecule has 1 heterocycles. The van der Waals surface area contributed by atoms with Gasteiger partial charge in [0.25, 0.3) is 0 Å². The lowest BCUT2D eigenvalue weighted by Crippen LogP contribution is -2.33. The summed E-state index contributed by atoms with van der Waals surface area (Å²) in [4.78, 5) is 26.2. The average Bonchev–Trinajstić information content (AvgIpc) is 2.66. The quantitative estimate of drug-likeness (QED) is 0.813. The van der Waals surface area contributed by atoms with Crippen LogP contribution in [0.25, 0.3) is 0 Å². The summed E-state index contributed by atoms with van der Waals surface area (Å²) in [6.07, 6.45) is 0.475. The minimum atomic E-state index is -0.495. The van der Waals surface area contributed by atoms with Crippen molar-refractivity contribution in [2.75, 3.05) is 22.6 Å². The number of nitriles is 1. The van der Waals surface area contributed by atoms with Crippen LogP contribution in [0.5, 0.6) is 0 Å². The van der Waals surface area contributed by atoms with Crippen molar-refractivity contribution in [3.63, 3.8) is 0 Å². The van der Waals surface area contributed by atoms with E-state index in [9.17, 15) is 9.59 Å². The summed E-state index contributed by atoms with van der Waals surface area (Å²) < 4.78 is 0. The van der Waals surface area contributed by atoms with Crippen LogP contribution in [0.4, 0.5) is 17.1 Å². The van der Waals surface area contributed by atoms with Gasteiger partial charge >= 0.3 is 0 Å². The maximum atomic E-state index is 12.5. The third-order valence-electron chi connectivity index (χ3n) is 4.91. The maximum Gasteiger partial charge on any atom is 0.246 e. The first-order valence-corrected chi connectivity index (χ1v) is 9.35. The van der Waals surface area contributed by atoms with Gasteiger partial charge in [-0.05, 0) is 54.8 Å². The van der Waals surface area contributed by atoms with E-state index in [4.69, 9.17) is 16.9 Å². The van der Waals surface area contributed by atoms with Crippen LogP contribution >= 0.6 is 11.6 Å². The van der Waals surface area contributed by atoms with Crippen molar-refractivity contribution in [1.82, 2.24) is 0 Å². The second kappa shape index (κ2) is 7.91. The Balaban J connectivity index is 1.71. The molecule has 2 N–H and O–H groups in total. The van der Waals surface area contributed by atoms with Crippen molar-refractivity contribution < 1.29 is 9.59 Å². The molecule has 0 aliphatic carbocycles. The molecule has 28 heavy (non-hydrogen) atoms. The van der Waals surface area contributed by atoms with Gasteiger partial charge in [0, 0.05) is 30.5 Å². The predicted molar refractivity (Wildman–Crippen MR) is 111 cm³/mol. The third-order valence-corrected chi connectivity index (χ3v) is 5.22. The molecule has 2 amide bonds. The lowest BCUT2D eigenvalue weighted by molar-refractivity contribution is -0.119. The number of nitrogens with one attached hydrogen (secondary N) is 2. The lowest BCUT2D eigenvalue weighted by atomic mass is 9.91. The first kappa shape index (κ1) is 19.7. The number of hydrogen-bond donors (Lipinski definition) is 2. The first-order chi connectivity index (χ1) is 13.3. The van der Waals surface area contributed by atoms with Gasteiger partial charge in [-0.15, -0.1) is 0 Å². The van der Waals surface area contributed by atoms with Gasteiger partial charge in [-0.25, -0.2) is 0 Å². The van der Waals surface area contributed by atoms with Crippen molar-refractivity contribution in [3.8, 4) is 6.07 Å². The third kappa shape index (κ3) is 3.95. The van der Waals surface area contributed by atoms with Crippen molar-refractivity contribution in [2.45, 2.75) is 32.2 Å². The Kier molecular flexibility index (Phi) is 5.57. The molecule has 0 saturated carbocycles. The van der Waals surface area contributed by atoms with E-state index in [0.717, 1.165) is 16.9 Å². The van der Waals surface area contributed by atoms with Gasteiger partial charge in [-0.3, -0.25) is 9.59 Å². The van der Waals surface area contributed by atoms with Gasteiger partial charge in [0.05, 0.1) is 10.6 Å². The van der Waals surface area contributed by atoms with E-state index < -0.39 is 6.04 Å². The van der Waals surface area contributed by atoms with Crippen LogP contribution in [-0.2, 0) is 9.59 Å². The second-order valence-electron chi connectivity index (χ2n) is 6.99. The summed E-state index contributed by atoms with van der Waals surface area (Å²) in [5, 5.41) is 15.2. The molecule has 2 aromatic rings. The molecule has 7 heteroatoms. The fraction of sp³-hybridized carbons (Fsp3) is 0.286. The van der Waals surface area contributed by atoms with Crippen molar-refractivity contribution >= 4 is 40.5 Å². The minimum Gasteiger partial charge on any atom is -0.374 e. The Morgan fingerprint density at radius 1 is 1.29 bits per heavy atom. The molecule has 0 bridgehead atoms. The number of fused-ring (bicyclic) bond motifs is 1. The molecule has 144 valence electrons. The Morgan fingerprint density at radius 3 is 2.68 bits per heavy atom. The van der Waals surface area contributed by atoms with E-state index in [0.29, 0.717) is 22.7 Å². The molecule has 0 aromatic heterocycles. The van der Waals surface area contributed by atoms with Crippen molar-refractivity contribution in [2.24, 2.45) is 0 Å². The summed E-state index contributed by atoms with van der Waals surface area (Å²) in [7, 11) is 1.78. The SMILES string of the molecule is CC(Nc1ccc2c(c1)C(C)CC(=O)N2C)C(=O)Nc1ccc(C#N)c(Cl)c1. The number of amides is 2. The van der Waals surface area contributed by atoms with Crippen LogP contribution in [-0.4, -0.2) is 24.9 Å². The highest BCUT2D eigenvalue weighted by Crippen LogP contribution is 2.36. The van der Waals surface area contributed by atoms with Gasteiger partial charge in [-0.1, -0.05) is 18.5 Å². The zero-order chi connectivity index (χ0) is 20.4. The normalized spacial score (nSPS) is 16.8. The highest BCUT2D eigenvalue weighted by Gasteiger charge is 2.26. The summed E-state index contributed by atoms with van der Waals surface area (Å²) in [6, 6.07) is 12.0. The standard InChI is InChI=1S/C21H21ClN4O2/c1-12-8-20(27)26(3)19-7-6-15(9-17(12)19)24-13(2)21(28)25-16-5-4-14(11-23)18(22)10-16/h4-7,9-10,12-13,24H,8H2,1-3H3,(H,25,28). The van der Waals surface area contributed by atoms with E-state index in [1.165, 1.54) is 0 Å². The molecule has 2 atom stereocenters. The van der Waals surface area contributed by atoms with Gasteiger partial charge in [0.1, 0.15) is 12.1 Å². The van der Waals surface area contributed by atoms with Crippen LogP contribution in [0, 0.1) is 11.3 Å². The van der Waals surface area contributed by atoms with Crippen LogP contribution < -0.4 is 15.5 Å². The molecule has 3 rings (SSSR count). The minimum absolute atomic E-state index is 0.106. The fourth-order valence-electron chi connectivity index (χ4n) is 3.24. The number of nitrogens with zero attached hydrogens (tertiary/aromatic N) is 2. The van der Waals surface area contributed by atoms with Crippen LogP contribution in [0.2, 0.25) is 5.02 Å². The molecule has 0 spiro atoms. The van der Waals surface area contributed by atoms with Crippen molar-refractivity contribution in [1.29, 1.82) is 5.26 Å². The first-order valence-electron chi connectivity index (χ1n) is 8.97. The number of benzene rings is 2. The highest BCUT2D eigenvalue weighted by atomic mass is 35.5. The van der Waals surface area contributed by atoms with Gasteiger partial charge < -0.3 is 15.5 Å². The smallest absolute Gasteiger partial charge is 0.246 e. The van der Waals surface area contributed by atoms with E-state index in [-0.39, 0.29) is 17.7 Å². The Morgan fingerprint density at radius 2 is 2.00 bits per heavy atom. The largest absolute Gasteiger partial charge is 0.374 e. The van der Waals surface area contributed by atoms with E-state index >= 15 is 0 Å². The Labute approximate surface area is 169 Å². The summed E-state index contributed by atoms with van der Waals surface area (Å²) in [5.41, 5.74) is 3.69. The lowest BCUT2D eigenvalue weighted by Gasteiger charge is -2.30. The molecule has 1 aliphatic rings. The number of carbonyl (C=O) groups excluding carboxylic acids is 2. The molecule has 2 aromatic carbocycles. The Hall–Kier alpha value is -3.04. The van der Waals surface area contributed by atoms with Crippen molar-refractivity contribution in [3.05, 3.63) is 52.5 Å². The monoisotopic (exact) mass is 396 g/mol. The topological polar surface area (TPSA) is 85.2 Å². The average molecular weight is 397 g/mol. The number of carbonyl (C=O) groups is 2. The molecule has 1 aliphatic heterocycles. The predicted octanol–water partition coefficient (Wildman–Crippen LogP) is 4.12. The molecule has 0 fully saturated rings. The van der Waals surface area contributed by atoms with Gasteiger partial charge in [0.15, 0.2) is 0 Å². The zero-order valence-electron chi connectivity index (χ0n) is 15.9. The molecule has 0 radical (unpaired) electrons.